The number of nitrogens with one attached hydrogen (secondary N) is 2. The van der Waals surface area contributed by atoms with E-state index in [-0.39, 0.29) is 30.4 Å². The van der Waals surface area contributed by atoms with Gasteiger partial charge in [-0.2, -0.15) is 0 Å². The molecule has 0 unspecified atom stereocenters. The molecular formula is C21H22N4O6. The normalized spacial score (nSPS) is 12.5. The van der Waals surface area contributed by atoms with Crippen molar-refractivity contribution in [3.05, 3.63) is 64.2 Å². The number of benzene rings is 2. The van der Waals surface area contributed by atoms with Crippen LogP contribution in [0.3, 0.4) is 0 Å². The Bertz CT molecular complexity index is 988. The molecule has 1 aliphatic carbocycles. The van der Waals surface area contributed by atoms with Crippen LogP contribution in [0, 0.1) is 10.1 Å². The largest absolute Gasteiger partial charge is 0.497 e. The highest BCUT2D eigenvalue weighted by Gasteiger charge is 2.34. The zero-order chi connectivity index (χ0) is 22.4. The first kappa shape index (κ1) is 21.8. The molecule has 0 bridgehead atoms. The third-order valence-corrected chi connectivity index (χ3v) is 4.69. The lowest BCUT2D eigenvalue weighted by molar-refractivity contribution is -0.384. The topological polar surface area (TPSA) is 131 Å². The van der Waals surface area contributed by atoms with Crippen LogP contribution in [0.15, 0.2) is 48.5 Å². The van der Waals surface area contributed by atoms with Crippen molar-refractivity contribution >= 4 is 29.1 Å². The van der Waals surface area contributed by atoms with Crippen LogP contribution in [0.5, 0.6) is 5.75 Å². The van der Waals surface area contributed by atoms with Crippen molar-refractivity contribution < 1.29 is 24.0 Å². The summed E-state index contributed by atoms with van der Waals surface area (Å²) >= 11 is 0. The highest BCUT2D eigenvalue weighted by atomic mass is 16.6. The van der Waals surface area contributed by atoms with E-state index in [1.807, 2.05) is 0 Å². The van der Waals surface area contributed by atoms with Crippen molar-refractivity contribution in [3.63, 3.8) is 0 Å². The lowest BCUT2D eigenvalue weighted by Gasteiger charge is -2.22. The predicted molar refractivity (Wildman–Crippen MR) is 112 cm³/mol. The molecule has 0 aromatic heterocycles. The number of ether oxygens (including phenoxy) is 1. The molecule has 10 nitrogen and oxygen atoms in total. The van der Waals surface area contributed by atoms with Crippen LogP contribution in [0.2, 0.25) is 0 Å². The van der Waals surface area contributed by atoms with Crippen LogP contribution in [0.4, 0.5) is 11.4 Å². The maximum Gasteiger partial charge on any atom is 0.270 e. The van der Waals surface area contributed by atoms with Gasteiger partial charge in [0.1, 0.15) is 12.3 Å². The summed E-state index contributed by atoms with van der Waals surface area (Å²) < 4.78 is 5.05. The van der Waals surface area contributed by atoms with Gasteiger partial charge in [0, 0.05) is 29.4 Å². The van der Waals surface area contributed by atoms with E-state index in [9.17, 15) is 24.5 Å². The summed E-state index contributed by atoms with van der Waals surface area (Å²) in [7, 11) is 1.54. The highest BCUT2D eigenvalue weighted by Crippen LogP contribution is 2.28. The van der Waals surface area contributed by atoms with Crippen molar-refractivity contribution in [2.45, 2.75) is 18.9 Å². The monoisotopic (exact) mass is 426 g/mol. The number of nitro groups is 1. The molecule has 3 amide bonds. The van der Waals surface area contributed by atoms with E-state index in [1.54, 1.807) is 24.3 Å². The number of nitro benzene ring substituents is 1. The van der Waals surface area contributed by atoms with E-state index in [0.29, 0.717) is 11.4 Å². The number of hydrogen-bond donors (Lipinski definition) is 2. The number of carbonyl (C=O) groups excluding carboxylic acids is 3. The Kier molecular flexibility index (Phi) is 6.81. The quantitative estimate of drug-likeness (QED) is 0.466. The molecule has 0 saturated heterocycles. The summed E-state index contributed by atoms with van der Waals surface area (Å²) in [6.45, 7) is -0.490. The molecule has 2 aromatic carbocycles. The Morgan fingerprint density at radius 2 is 1.84 bits per heavy atom. The Hall–Kier alpha value is -3.95. The SMILES string of the molecule is COc1ccc(NC(=O)CNC(=O)CN(C(=O)c2cccc([N+](=O)[O-])c2)C2CC2)cc1. The summed E-state index contributed by atoms with van der Waals surface area (Å²) in [5, 5.41) is 16.1. The van der Waals surface area contributed by atoms with Gasteiger partial charge in [0.15, 0.2) is 0 Å². The second-order valence-electron chi connectivity index (χ2n) is 7.03. The van der Waals surface area contributed by atoms with Gasteiger partial charge in [0.2, 0.25) is 11.8 Å². The lowest BCUT2D eigenvalue weighted by Crippen LogP contribution is -2.43. The van der Waals surface area contributed by atoms with E-state index in [4.69, 9.17) is 4.74 Å². The summed E-state index contributed by atoms with van der Waals surface area (Å²) in [5.74, 6) is -0.707. The Morgan fingerprint density at radius 1 is 1.13 bits per heavy atom. The van der Waals surface area contributed by atoms with Gasteiger partial charge in [-0.15, -0.1) is 0 Å². The molecule has 2 aromatic rings. The molecule has 0 aliphatic heterocycles. The second kappa shape index (κ2) is 9.70. The van der Waals surface area contributed by atoms with Gasteiger partial charge in [-0.05, 0) is 43.2 Å². The van der Waals surface area contributed by atoms with Gasteiger partial charge in [-0.3, -0.25) is 24.5 Å². The van der Waals surface area contributed by atoms with Gasteiger partial charge in [-0.1, -0.05) is 6.07 Å². The molecule has 1 saturated carbocycles. The summed E-state index contributed by atoms with van der Waals surface area (Å²) in [6.07, 6.45) is 1.51. The minimum atomic E-state index is -0.577. The summed E-state index contributed by atoms with van der Waals surface area (Å²) in [6, 6.07) is 12.0. The van der Waals surface area contributed by atoms with Gasteiger partial charge in [0.25, 0.3) is 11.6 Å². The molecule has 0 radical (unpaired) electrons. The molecular weight excluding hydrogens is 404 g/mol. The smallest absolute Gasteiger partial charge is 0.270 e. The maximum absolute atomic E-state index is 12.8. The van der Waals surface area contributed by atoms with Gasteiger partial charge >= 0.3 is 0 Å². The van der Waals surface area contributed by atoms with Gasteiger partial charge < -0.3 is 20.3 Å². The van der Waals surface area contributed by atoms with Crippen LogP contribution in [-0.4, -0.2) is 53.8 Å². The maximum atomic E-state index is 12.8. The number of amides is 3. The number of methoxy groups -OCH3 is 1. The van der Waals surface area contributed by atoms with E-state index in [1.165, 1.54) is 36.3 Å². The molecule has 2 N–H and O–H groups in total. The highest BCUT2D eigenvalue weighted by molar-refractivity contribution is 5.98. The fourth-order valence-electron chi connectivity index (χ4n) is 2.94. The van der Waals surface area contributed by atoms with Crippen molar-refractivity contribution in [1.29, 1.82) is 0 Å². The van der Waals surface area contributed by atoms with Crippen LogP contribution >= 0.6 is 0 Å². The summed E-state index contributed by atoms with van der Waals surface area (Å²) in [5.41, 5.74) is 0.507. The van der Waals surface area contributed by atoms with E-state index in [0.717, 1.165) is 12.8 Å². The predicted octanol–water partition coefficient (Wildman–Crippen LogP) is 1.96. The number of hydrogen-bond acceptors (Lipinski definition) is 6. The molecule has 1 fully saturated rings. The van der Waals surface area contributed by atoms with Gasteiger partial charge in [-0.25, -0.2) is 0 Å². The lowest BCUT2D eigenvalue weighted by atomic mass is 10.1. The average Bonchev–Trinajstić information content (AvgIpc) is 3.61. The first-order valence-electron chi connectivity index (χ1n) is 9.63. The second-order valence-corrected chi connectivity index (χ2v) is 7.03. The Morgan fingerprint density at radius 3 is 2.45 bits per heavy atom. The standard InChI is InChI=1S/C21H22N4O6/c1-31-18-9-5-15(6-10-18)23-19(26)12-22-20(27)13-24(16-7-8-16)21(28)14-3-2-4-17(11-14)25(29)30/h2-6,9-11,16H,7-8,12-13H2,1H3,(H,22,27)(H,23,26). The fourth-order valence-corrected chi connectivity index (χ4v) is 2.94. The fraction of sp³-hybridized carbons (Fsp3) is 0.286. The van der Waals surface area contributed by atoms with E-state index < -0.39 is 22.6 Å². The molecule has 0 heterocycles. The number of carbonyl (C=O) groups is 3. The number of nitrogens with zero attached hydrogens (tertiary/aromatic N) is 2. The van der Waals surface area contributed by atoms with Crippen molar-refractivity contribution in [2.24, 2.45) is 0 Å². The van der Waals surface area contributed by atoms with Crippen LogP contribution in [0.25, 0.3) is 0 Å². The Labute approximate surface area is 178 Å². The zero-order valence-corrected chi connectivity index (χ0v) is 16.9. The number of anilines is 1. The zero-order valence-electron chi connectivity index (χ0n) is 16.9. The molecule has 0 atom stereocenters. The molecule has 10 heteroatoms. The average molecular weight is 426 g/mol. The molecule has 1 aliphatic rings. The summed E-state index contributed by atoms with van der Waals surface area (Å²) in [4.78, 5) is 48.9. The third-order valence-electron chi connectivity index (χ3n) is 4.69. The molecule has 162 valence electrons. The first-order chi connectivity index (χ1) is 14.9. The minimum absolute atomic E-state index is 0.0920. The van der Waals surface area contributed by atoms with E-state index >= 15 is 0 Å². The molecule has 0 spiro atoms. The van der Waals surface area contributed by atoms with E-state index in [2.05, 4.69) is 10.6 Å². The molecule has 31 heavy (non-hydrogen) atoms. The first-order valence-corrected chi connectivity index (χ1v) is 9.63. The number of rotatable bonds is 9. The van der Waals surface area contributed by atoms with Gasteiger partial charge in [0.05, 0.1) is 18.6 Å². The van der Waals surface area contributed by atoms with Crippen molar-refractivity contribution in [3.8, 4) is 5.75 Å². The van der Waals surface area contributed by atoms with Crippen LogP contribution in [-0.2, 0) is 9.59 Å². The number of non-ortho nitro benzene ring substituents is 1. The van der Waals surface area contributed by atoms with Crippen LogP contribution in [0.1, 0.15) is 23.2 Å². The Balaban J connectivity index is 1.54. The minimum Gasteiger partial charge on any atom is -0.497 e. The third kappa shape index (κ3) is 6.01. The van der Waals surface area contributed by atoms with Crippen molar-refractivity contribution in [2.75, 3.05) is 25.5 Å². The van der Waals surface area contributed by atoms with Crippen LogP contribution < -0.4 is 15.4 Å². The van der Waals surface area contributed by atoms with Crippen molar-refractivity contribution in [1.82, 2.24) is 10.2 Å². The molecule has 3 rings (SSSR count).